The topological polar surface area (TPSA) is 64.2 Å². The van der Waals surface area contributed by atoms with Crippen LogP contribution in [0.3, 0.4) is 0 Å². The lowest BCUT2D eigenvalue weighted by Gasteiger charge is -2.40. The van der Waals surface area contributed by atoms with Crippen LogP contribution < -0.4 is 5.73 Å². The Balaban J connectivity index is 1.97. The minimum absolute atomic E-state index is 0.0150. The predicted molar refractivity (Wildman–Crippen MR) is 67.7 cm³/mol. The summed E-state index contributed by atoms with van der Waals surface area (Å²) in [6, 6.07) is 2.46. The number of nitrogens with zero attached hydrogens (tertiary/aromatic N) is 3. The minimum Gasteiger partial charge on any atom is -0.330 e. The number of aryl methyl sites for hydroxylation is 1. The van der Waals surface area contributed by atoms with Crippen LogP contribution in [0.15, 0.2) is 12.3 Å². The number of hydrogen-bond acceptors (Lipinski definition) is 3. The van der Waals surface area contributed by atoms with E-state index in [4.69, 9.17) is 5.73 Å². The van der Waals surface area contributed by atoms with Gasteiger partial charge in [-0.1, -0.05) is 0 Å². The van der Waals surface area contributed by atoms with Crippen molar-refractivity contribution in [2.75, 3.05) is 0 Å². The summed E-state index contributed by atoms with van der Waals surface area (Å²) in [5.74, 6) is 0.257. The van der Waals surface area contributed by atoms with Gasteiger partial charge in [0.1, 0.15) is 0 Å². The van der Waals surface area contributed by atoms with Crippen molar-refractivity contribution in [1.82, 2.24) is 14.7 Å². The molecule has 1 saturated heterocycles. The van der Waals surface area contributed by atoms with Crippen molar-refractivity contribution >= 4 is 5.91 Å². The van der Waals surface area contributed by atoms with Crippen LogP contribution in [0.5, 0.6) is 0 Å². The highest BCUT2D eigenvalue weighted by Crippen LogP contribution is 2.39. The highest BCUT2D eigenvalue weighted by Gasteiger charge is 2.44. The number of likely N-dealkylation sites (tertiary alicyclic amines) is 1. The van der Waals surface area contributed by atoms with Crippen LogP contribution in [0.4, 0.5) is 0 Å². The molecule has 1 saturated carbocycles. The Bertz CT molecular complexity index is 452. The Morgan fingerprint density at radius 1 is 1.44 bits per heavy atom. The molecular weight excluding hydrogens is 228 g/mol. The van der Waals surface area contributed by atoms with Crippen molar-refractivity contribution in [3.05, 3.63) is 18.0 Å². The molecule has 5 heteroatoms. The average molecular weight is 248 g/mol. The molecule has 2 N–H and O–H groups in total. The molecule has 1 aliphatic carbocycles. The molecule has 2 aliphatic rings. The lowest BCUT2D eigenvalue weighted by Crippen LogP contribution is -2.50. The van der Waals surface area contributed by atoms with E-state index in [0.717, 1.165) is 31.5 Å². The molecule has 0 spiro atoms. The third kappa shape index (κ3) is 1.82. The molecule has 1 aromatic rings. The second-order valence-electron chi connectivity index (χ2n) is 5.25. The first-order valence-electron chi connectivity index (χ1n) is 6.80. The zero-order chi connectivity index (χ0) is 12.7. The largest absolute Gasteiger partial charge is 0.330 e. The molecule has 98 valence electrons. The highest BCUT2D eigenvalue weighted by atomic mass is 16.2. The standard InChI is InChI=1S/C13H20N4O/c1-2-16-11(7-8-15-16)13-10(14)5-6-12(18)17(13)9-3-4-9/h7-10,13H,2-6,14H2,1H3. The molecule has 1 amide bonds. The third-order valence-corrected chi connectivity index (χ3v) is 3.98. The van der Waals surface area contributed by atoms with Gasteiger partial charge in [-0.15, -0.1) is 0 Å². The summed E-state index contributed by atoms with van der Waals surface area (Å²) in [4.78, 5) is 14.2. The Labute approximate surface area is 107 Å². The number of aromatic nitrogens is 2. The van der Waals surface area contributed by atoms with Gasteiger partial charge in [0, 0.05) is 31.2 Å². The first kappa shape index (κ1) is 11.7. The minimum atomic E-state index is 0.0150. The van der Waals surface area contributed by atoms with Gasteiger partial charge in [0.15, 0.2) is 0 Å². The van der Waals surface area contributed by atoms with Crippen LogP contribution in [-0.2, 0) is 11.3 Å². The molecule has 1 aromatic heterocycles. The van der Waals surface area contributed by atoms with E-state index < -0.39 is 0 Å². The van der Waals surface area contributed by atoms with Crippen LogP contribution in [-0.4, -0.2) is 32.7 Å². The van der Waals surface area contributed by atoms with Gasteiger partial charge < -0.3 is 10.6 Å². The van der Waals surface area contributed by atoms with E-state index in [2.05, 4.69) is 12.0 Å². The summed E-state index contributed by atoms with van der Waals surface area (Å²) in [5.41, 5.74) is 7.36. The van der Waals surface area contributed by atoms with Crippen molar-refractivity contribution in [2.45, 2.75) is 57.3 Å². The van der Waals surface area contributed by atoms with Gasteiger partial charge in [0.05, 0.1) is 11.7 Å². The predicted octanol–water partition coefficient (Wildman–Crippen LogP) is 1.06. The lowest BCUT2D eigenvalue weighted by molar-refractivity contribution is -0.138. The van der Waals surface area contributed by atoms with Gasteiger partial charge in [-0.25, -0.2) is 0 Å². The maximum atomic E-state index is 12.2. The molecule has 0 radical (unpaired) electrons. The summed E-state index contributed by atoms with van der Waals surface area (Å²) in [5, 5.41) is 4.31. The summed E-state index contributed by atoms with van der Waals surface area (Å²) in [7, 11) is 0. The van der Waals surface area contributed by atoms with Crippen LogP contribution in [0, 0.1) is 0 Å². The van der Waals surface area contributed by atoms with E-state index in [0.29, 0.717) is 12.5 Å². The fourth-order valence-electron chi connectivity index (χ4n) is 2.94. The molecule has 1 aliphatic heterocycles. The summed E-state index contributed by atoms with van der Waals surface area (Å²) >= 11 is 0. The first-order valence-corrected chi connectivity index (χ1v) is 6.80. The van der Waals surface area contributed by atoms with E-state index in [1.807, 2.05) is 15.6 Å². The second kappa shape index (κ2) is 4.39. The van der Waals surface area contributed by atoms with E-state index in [9.17, 15) is 4.79 Å². The van der Waals surface area contributed by atoms with Crippen molar-refractivity contribution in [2.24, 2.45) is 5.73 Å². The Hall–Kier alpha value is -1.36. The second-order valence-corrected chi connectivity index (χ2v) is 5.25. The number of amides is 1. The fraction of sp³-hybridized carbons (Fsp3) is 0.692. The first-order chi connectivity index (χ1) is 8.72. The molecule has 0 aromatic carbocycles. The van der Waals surface area contributed by atoms with Crippen LogP contribution in [0.1, 0.15) is 44.3 Å². The third-order valence-electron chi connectivity index (χ3n) is 3.98. The van der Waals surface area contributed by atoms with Crippen molar-refractivity contribution in [3.8, 4) is 0 Å². The van der Waals surface area contributed by atoms with Gasteiger partial charge in [0.2, 0.25) is 5.91 Å². The van der Waals surface area contributed by atoms with E-state index in [1.165, 1.54) is 0 Å². The molecule has 0 bridgehead atoms. The monoisotopic (exact) mass is 248 g/mol. The summed E-state index contributed by atoms with van der Waals surface area (Å²) in [6.45, 7) is 2.88. The maximum Gasteiger partial charge on any atom is 0.223 e. The Morgan fingerprint density at radius 3 is 2.89 bits per heavy atom. The van der Waals surface area contributed by atoms with Crippen molar-refractivity contribution < 1.29 is 4.79 Å². The Morgan fingerprint density at radius 2 is 2.22 bits per heavy atom. The number of carbonyl (C=O) groups is 1. The molecule has 5 nitrogen and oxygen atoms in total. The summed E-state index contributed by atoms with van der Waals surface area (Å²) in [6.07, 6.45) is 5.41. The number of rotatable bonds is 3. The van der Waals surface area contributed by atoms with Crippen LogP contribution in [0.2, 0.25) is 0 Å². The van der Waals surface area contributed by atoms with Crippen molar-refractivity contribution in [3.63, 3.8) is 0 Å². The van der Waals surface area contributed by atoms with E-state index in [-0.39, 0.29) is 18.0 Å². The van der Waals surface area contributed by atoms with Gasteiger partial charge in [-0.05, 0) is 32.3 Å². The van der Waals surface area contributed by atoms with E-state index >= 15 is 0 Å². The summed E-state index contributed by atoms with van der Waals surface area (Å²) < 4.78 is 1.96. The molecule has 18 heavy (non-hydrogen) atoms. The molecule has 3 rings (SSSR count). The van der Waals surface area contributed by atoms with Gasteiger partial charge in [-0.3, -0.25) is 9.48 Å². The zero-order valence-corrected chi connectivity index (χ0v) is 10.7. The van der Waals surface area contributed by atoms with Crippen molar-refractivity contribution in [1.29, 1.82) is 0 Å². The molecule has 2 fully saturated rings. The van der Waals surface area contributed by atoms with Crippen LogP contribution in [0.25, 0.3) is 0 Å². The highest BCUT2D eigenvalue weighted by molar-refractivity contribution is 5.78. The fourth-order valence-corrected chi connectivity index (χ4v) is 2.94. The van der Waals surface area contributed by atoms with Gasteiger partial charge in [-0.2, -0.15) is 5.10 Å². The quantitative estimate of drug-likeness (QED) is 0.869. The molecule has 2 heterocycles. The normalized spacial score (nSPS) is 28.8. The van der Waals surface area contributed by atoms with E-state index in [1.54, 1.807) is 6.20 Å². The van der Waals surface area contributed by atoms with Gasteiger partial charge in [0.25, 0.3) is 0 Å². The number of carbonyl (C=O) groups excluding carboxylic acids is 1. The van der Waals surface area contributed by atoms with Gasteiger partial charge >= 0.3 is 0 Å². The average Bonchev–Trinajstić information content (AvgIpc) is 3.09. The smallest absolute Gasteiger partial charge is 0.223 e. The SMILES string of the molecule is CCn1nccc1C1C(N)CCC(=O)N1C1CC1. The van der Waals surface area contributed by atoms with Crippen LogP contribution >= 0.6 is 0 Å². The number of hydrogen-bond donors (Lipinski definition) is 1. The maximum absolute atomic E-state index is 12.2. The zero-order valence-electron chi connectivity index (χ0n) is 10.7. The lowest BCUT2D eigenvalue weighted by atomic mass is 9.93. The number of piperidine rings is 1. The molecular formula is C13H20N4O. The molecule has 2 unspecified atom stereocenters. The number of nitrogens with two attached hydrogens (primary N) is 1. The Kier molecular flexibility index (Phi) is 2.86. The molecule has 2 atom stereocenters.